The lowest BCUT2D eigenvalue weighted by Crippen LogP contribution is -1.87. The van der Waals surface area contributed by atoms with Crippen LogP contribution in [0.3, 0.4) is 0 Å². The van der Waals surface area contributed by atoms with Crippen molar-refractivity contribution in [2.75, 3.05) is 7.11 Å². The van der Waals surface area contributed by atoms with Crippen molar-refractivity contribution < 1.29 is 4.74 Å². The Kier molecular flexibility index (Phi) is 4.73. The molecule has 0 saturated heterocycles. The second-order valence-electron chi connectivity index (χ2n) is 2.47. The molecule has 0 heterocycles. The van der Waals surface area contributed by atoms with Crippen molar-refractivity contribution in [2.24, 2.45) is 5.92 Å². The van der Waals surface area contributed by atoms with Crippen molar-refractivity contribution in [3.8, 4) is 0 Å². The highest BCUT2D eigenvalue weighted by Gasteiger charge is 1.92. The maximum absolute atomic E-state index is 4.97. The third kappa shape index (κ3) is 4.19. The van der Waals surface area contributed by atoms with Crippen molar-refractivity contribution in [1.29, 1.82) is 0 Å². The van der Waals surface area contributed by atoms with Gasteiger partial charge in [-0.25, -0.2) is 0 Å². The number of hydrogen-bond donors (Lipinski definition) is 0. The van der Waals surface area contributed by atoms with E-state index < -0.39 is 0 Å². The molecule has 0 fully saturated rings. The molecule has 0 aliphatic rings. The Morgan fingerprint density at radius 1 is 1.70 bits per heavy atom. The molecule has 0 N–H and O–H groups in total. The fraction of sp³-hybridized carbons (Fsp3) is 0.556. The van der Waals surface area contributed by atoms with Crippen molar-refractivity contribution in [1.82, 2.24) is 0 Å². The molecule has 0 saturated carbocycles. The van der Waals surface area contributed by atoms with Crippen LogP contribution < -0.4 is 0 Å². The lowest BCUT2D eigenvalue weighted by molar-refractivity contribution is 0.291. The molecule has 0 aliphatic heterocycles. The maximum Gasteiger partial charge on any atom is 0.0885 e. The Balaban J connectivity index is 3.60. The van der Waals surface area contributed by atoms with Gasteiger partial charge < -0.3 is 4.74 Å². The summed E-state index contributed by atoms with van der Waals surface area (Å²) in [4.78, 5) is 0. The van der Waals surface area contributed by atoms with Gasteiger partial charge in [0, 0.05) is 0 Å². The third-order valence-corrected chi connectivity index (χ3v) is 1.50. The van der Waals surface area contributed by atoms with Gasteiger partial charge in [0.25, 0.3) is 0 Å². The van der Waals surface area contributed by atoms with E-state index in [0.29, 0.717) is 5.92 Å². The highest BCUT2D eigenvalue weighted by molar-refractivity contribution is 4.92. The minimum absolute atomic E-state index is 0.546. The van der Waals surface area contributed by atoms with E-state index in [1.807, 2.05) is 13.0 Å². The number of allylic oxidation sites excluding steroid dienone is 3. The van der Waals surface area contributed by atoms with Crippen LogP contribution in [0.25, 0.3) is 0 Å². The minimum atomic E-state index is 0.546. The number of hydrogen-bond acceptors (Lipinski definition) is 1. The second kappa shape index (κ2) is 5.10. The standard InChI is InChI=1S/C9H16O/c1-5-8(2)6-7-9(3)10-4/h5,7-8H,1,6H2,2-4H3/b9-7+. The van der Waals surface area contributed by atoms with Crippen LogP contribution in [0.2, 0.25) is 0 Å². The van der Waals surface area contributed by atoms with Crippen LogP contribution in [0.5, 0.6) is 0 Å². The van der Waals surface area contributed by atoms with Crippen LogP contribution >= 0.6 is 0 Å². The van der Waals surface area contributed by atoms with E-state index in [1.165, 1.54) is 0 Å². The lowest BCUT2D eigenvalue weighted by atomic mass is 10.1. The number of ether oxygens (including phenoxy) is 1. The zero-order chi connectivity index (χ0) is 7.98. The monoisotopic (exact) mass is 140 g/mol. The molecule has 0 rings (SSSR count). The van der Waals surface area contributed by atoms with Gasteiger partial charge in [0.1, 0.15) is 0 Å². The molecule has 0 spiro atoms. The SMILES string of the molecule is C=CC(C)C/C=C(\C)OC. The summed E-state index contributed by atoms with van der Waals surface area (Å²) in [6.07, 6.45) is 5.04. The molecule has 10 heavy (non-hydrogen) atoms. The molecule has 0 aromatic heterocycles. The first-order valence-corrected chi connectivity index (χ1v) is 3.54. The van der Waals surface area contributed by atoms with Crippen LogP contribution in [0.1, 0.15) is 20.3 Å². The summed E-state index contributed by atoms with van der Waals surface area (Å²) < 4.78 is 4.97. The fourth-order valence-electron chi connectivity index (χ4n) is 0.531. The summed E-state index contributed by atoms with van der Waals surface area (Å²) in [5.74, 6) is 1.53. The zero-order valence-corrected chi connectivity index (χ0v) is 7.05. The average Bonchev–Trinajstić information content (AvgIpc) is 1.99. The minimum Gasteiger partial charge on any atom is -0.502 e. The van der Waals surface area contributed by atoms with E-state index in [0.717, 1.165) is 12.2 Å². The van der Waals surface area contributed by atoms with Gasteiger partial charge in [-0.1, -0.05) is 13.0 Å². The maximum atomic E-state index is 4.97. The first kappa shape index (κ1) is 9.28. The van der Waals surface area contributed by atoms with E-state index in [9.17, 15) is 0 Å². The van der Waals surface area contributed by atoms with Gasteiger partial charge in [-0.15, -0.1) is 6.58 Å². The van der Waals surface area contributed by atoms with Crippen molar-refractivity contribution >= 4 is 0 Å². The van der Waals surface area contributed by atoms with Crippen LogP contribution in [0, 0.1) is 5.92 Å². The highest BCUT2D eigenvalue weighted by Crippen LogP contribution is 2.05. The molecule has 1 heteroatoms. The average molecular weight is 140 g/mol. The van der Waals surface area contributed by atoms with E-state index in [-0.39, 0.29) is 0 Å². The molecule has 0 aliphatic carbocycles. The van der Waals surface area contributed by atoms with Gasteiger partial charge in [0.05, 0.1) is 12.9 Å². The molecule has 1 unspecified atom stereocenters. The molecule has 0 bridgehead atoms. The second-order valence-corrected chi connectivity index (χ2v) is 2.47. The van der Waals surface area contributed by atoms with Gasteiger partial charge in [-0.3, -0.25) is 0 Å². The molecule has 0 amide bonds. The molecule has 1 nitrogen and oxygen atoms in total. The Hall–Kier alpha value is -0.720. The van der Waals surface area contributed by atoms with Gasteiger partial charge in [0.15, 0.2) is 0 Å². The van der Waals surface area contributed by atoms with Gasteiger partial charge in [0.2, 0.25) is 0 Å². The molecule has 0 aromatic carbocycles. The Morgan fingerprint density at radius 2 is 2.30 bits per heavy atom. The lowest BCUT2D eigenvalue weighted by Gasteiger charge is -2.01. The van der Waals surface area contributed by atoms with Crippen molar-refractivity contribution in [3.05, 3.63) is 24.5 Å². The van der Waals surface area contributed by atoms with Crippen molar-refractivity contribution in [2.45, 2.75) is 20.3 Å². The Bertz CT molecular complexity index is 125. The molecule has 0 aromatic rings. The van der Waals surface area contributed by atoms with Gasteiger partial charge in [-0.2, -0.15) is 0 Å². The topological polar surface area (TPSA) is 9.23 Å². The van der Waals surface area contributed by atoms with Crippen LogP contribution in [-0.4, -0.2) is 7.11 Å². The predicted molar refractivity (Wildman–Crippen MR) is 44.7 cm³/mol. The van der Waals surface area contributed by atoms with E-state index in [1.54, 1.807) is 7.11 Å². The largest absolute Gasteiger partial charge is 0.502 e. The quantitative estimate of drug-likeness (QED) is 0.431. The number of rotatable bonds is 4. The molecular formula is C9H16O. The first-order chi connectivity index (χ1) is 4.70. The number of methoxy groups -OCH3 is 1. The fourth-order valence-corrected chi connectivity index (χ4v) is 0.531. The van der Waals surface area contributed by atoms with Crippen LogP contribution in [-0.2, 0) is 4.74 Å². The Labute approximate surface area is 63.4 Å². The zero-order valence-electron chi connectivity index (χ0n) is 7.05. The van der Waals surface area contributed by atoms with E-state index in [4.69, 9.17) is 4.74 Å². The highest BCUT2D eigenvalue weighted by atomic mass is 16.5. The van der Waals surface area contributed by atoms with Gasteiger partial charge >= 0.3 is 0 Å². The predicted octanol–water partition coefficient (Wildman–Crippen LogP) is 2.75. The first-order valence-electron chi connectivity index (χ1n) is 3.54. The van der Waals surface area contributed by atoms with Gasteiger partial charge in [-0.05, 0) is 25.3 Å². The summed E-state index contributed by atoms with van der Waals surface area (Å²) >= 11 is 0. The Morgan fingerprint density at radius 3 is 2.70 bits per heavy atom. The smallest absolute Gasteiger partial charge is 0.0885 e. The normalized spacial score (nSPS) is 14.5. The summed E-state index contributed by atoms with van der Waals surface area (Å²) in [6, 6.07) is 0. The van der Waals surface area contributed by atoms with Crippen LogP contribution in [0.15, 0.2) is 24.5 Å². The van der Waals surface area contributed by atoms with Crippen molar-refractivity contribution in [3.63, 3.8) is 0 Å². The molecule has 0 radical (unpaired) electrons. The van der Waals surface area contributed by atoms with Crippen LogP contribution in [0.4, 0.5) is 0 Å². The summed E-state index contributed by atoms with van der Waals surface area (Å²) in [5.41, 5.74) is 0. The summed E-state index contributed by atoms with van der Waals surface area (Å²) in [5, 5.41) is 0. The molecule has 58 valence electrons. The molecular weight excluding hydrogens is 124 g/mol. The third-order valence-electron chi connectivity index (χ3n) is 1.50. The summed E-state index contributed by atoms with van der Waals surface area (Å²) in [6.45, 7) is 7.78. The molecule has 1 atom stereocenters. The van der Waals surface area contributed by atoms with E-state index >= 15 is 0 Å². The summed E-state index contributed by atoms with van der Waals surface area (Å²) in [7, 11) is 1.68. The van der Waals surface area contributed by atoms with E-state index in [2.05, 4.69) is 19.6 Å².